The van der Waals surface area contributed by atoms with Gasteiger partial charge in [-0.25, -0.2) is 9.97 Å². The van der Waals surface area contributed by atoms with Gasteiger partial charge in [-0.1, -0.05) is 11.3 Å². The van der Waals surface area contributed by atoms with Crippen LogP contribution in [0.15, 0.2) is 11.7 Å². The van der Waals surface area contributed by atoms with E-state index in [2.05, 4.69) is 14.5 Å². The largest absolute Gasteiger partial charge is 0.396 e. The Labute approximate surface area is 110 Å². The lowest BCUT2D eigenvalue weighted by Gasteiger charge is -2.00. The molecule has 0 atom stereocenters. The average Bonchev–Trinajstić information content (AvgIpc) is 2.67. The van der Waals surface area contributed by atoms with Crippen molar-refractivity contribution in [3.05, 3.63) is 33.8 Å². The third-order valence-electron chi connectivity index (χ3n) is 2.87. The Kier molecular flexibility index (Phi) is 3.88. The maximum atomic E-state index is 8.97. The Hall–Kier alpha value is -1.53. The zero-order valence-electron chi connectivity index (χ0n) is 10.6. The molecule has 6 heteroatoms. The molecule has 2 aromatic heterocycles. The van der Waals surface area contributed by atoms with Gasteiger partial charge < -0.3 is 10.8 Å². The highest BCUT2D eigenvalue weighted by atomic mass is 32.1. The number of thiazole rings is 1. The lowest BCUT2D eigenvalue weighted by molar-refractivity contribution is -0.690. The first-order chi connectivity index (χ1) is 8.61. The summed E-state index contributed by atoms with van der Waals surface area (Å²) >= 11 is 1.65. The highest BCUT2D eigenvalue weighted by Crippen LogP contribution is 2.12. The first-order valence-electron chi connectivity index (χ1n) is 5.77. The minimum Gasteiger partial charge on any atom is -0.396 e. The second-order valence-electron chi connectivity index (χ2n) is 4.16. The van der Waals surface area contributed by atoms with Crippen molar-refractivity contribution in [2.75, 3.05) is 12.3 Å². The van der Waals surface area contributed by atoms with Crippen LogP contribution in [-0.4, -0.2) is 21.7 Å². The van der Waals surface area contributed by atoms with Crippen molar-refractivity contribution in [2.45, 2.75) is 26.8 Å². The molecule has 3 N–H and O–H groups in total. The van der Waals surface area contributed by atoms with Crippen LogP contribution in [0.4, 0.5) is 5.69 Å². The molecule has 0 aromatic carbocycles. The summed E-state index contributed by atoms with van der Waals surface area (Å²) < 4.78 is 2.10. The lowest BCUT2D eigenvalue weighted by Crippen LogP contribution is -2.36. The highest BCUT2D eigenvalue weighted by molar-refractivity contribution is 7.09. The van der Waals surface area contributed by atoms with Crippen LogP contribution in [0, 0.1) is 13.8 Å². The third-order valence-corrected chi connectivity index (χ3v) is 4.02. The Morgan fingerprint density at radius 2 is 2.22 bits per heavy atom. The van der Waals surface area contributed by atoms with Gasteiger partial charge in [0.2, 0.25) is 12.1 Å². The smallest absolute Gasteiger partial charge is 0.225 e. The molecule has 2 heterocycles. The van der Waals surface area contributed by atoms with Crippen molar-refractivity contribution in [2.24, 2.45) is 0 Å². The topological polar surface area (TPSA) is 75.9 Å². The van der Waals surface area contributed by atoms with Gasteiger partial charge in [0.05, 0.1) is 22.5 Å². The number of nitrogens with two attached hydrogens (primary N) is 1. The molecule has 0 amide bonds. The van der Waals surface area contributed by atoms with Crippen molar-refractivity contribution in [1.82, 2.24) is 9.97 Å². The summed E-state index contributed by atoms with van der Waals surface area (Å²) in [6.45, 7) is 4.74. The van der Waals surface area contributed by atoms with Gasteiger partial charge in [0.1, 0.15) is 0 Å². The van der Waals surface area contributed by atoms with Gasteiger partial charge in [-0.3, -0.25) is 0 Å². The molecule has 0 aliphatic carbocycles. The summed E-state index contributed by atoms with van der Waals surface area (Å²) in [7, 11) is 0. The molecule has 0 saturated heterocycles. The maximum Gasteiger partial charge on any atom is 0.225 e. The number of anilines is 1. The summed E-state index contributed by atoms with van der Waals surface area (Å²) in [5, 5.41) is 8.97. The van der Waals surface area contributed by atoms with E-state index in [1.165, 1.54) is 4.88 Å². The monoisotopic (exact) mass is 265 g/mol. The number of nitrogen functional groups attached to an aromatic ring is 1. The van der Waals surface area contributed by atoms with Gasteiger partial charge >= 0.3 is 0 Å². The second-order valence-corrected chi connectivity index (χ2v) is 5.10. The van der Waals surface area contributed by atoms with Crippen LogP contribution in [0.1, 0.15) is 22.1 Å². The van der Waals surface area contributed by atoms with Crippen LogP contribution < -0.4 is 10.3 Å². The highest BCUT2D eigenvalue weighted by Gasteiger charge is 2.16. The number of hydrogen-bond donors (Lipinski definition) is 2. The quantitative estimate of drug-likeness (QED) is 0.794. The Balaban J connectivity index is 2.20. The Morgan fingerprint density at radius 1 is 1.44 bits per heavy atom. The van der Waals surface area contributed by atoms with E-state index in [9.17, 15) is 0 Å². The maximum absolute atomic E-state index is 8.97. The molecule has 0 radical (unpaired) electrons. The molecular formula is C12H17N4OS+. The molecule has 0 aliphatic rings. The fourth-order valence-electron chi connectivity index (χ4n) is 1.70. The van der Waals surface area contributed by atoms with Crippen molar-refractivity contribution in [3.63, 3.8) is 0 Å². The van der Waals surface area contributed by atoms with E-state index in [0.717, 1.165) is 17.2 Å². The standard InChI is InChI=1S/C12H17N4OS/c1-8-10(13)5-14-12(15-8)6-16-7-18-11(3-4-17)9(16)2/h5,7,17H,3-4,6,13H2,1-2H3/q+1. The van der Waals surface area contributed by atoms with E-state index in [4.69, 9.17) is 10.8 Å². The van der Waals surface area contributed by atoms with Crippen LogP contribution in [-0.2, 0) is 13.0 Å². The summed E-state index contributed by atoms with van der Waals surface area (Å²) in [6.07, 6.45) is 2.35. The van der Waals surface area contributed by atoms with Gasteiger partial charge in [-0.15, -0.1) is 0 Å². The molecule has 0 saturated carbocycles. The van der Waals surface area contributed by atoms with E-state index in [1.54, 1.807) is 17.5 Å². The van der Waals surface area contributed by atoms with Crippen LogP contribution >= 0.6 is 11.3 Å². The first-order valence-corrected chi connectivity index (χ1v) is 6.65. The van der Waals surface area contributed by atoms with E-state index in [0.29, 0.717) is 18.7 Å². The van der Waals surface area contributed by atoms with Crippen LogP contribution in [0.3, 0.4) is 0 Å². The van der Waals surface area contributed by atoms with Crippen molar-refractivity contribution in [3.8, 4) is 0 Å². The molecule has 0 bridgehead atoms. The van der Waals surface area contributed by atoms with E-state index in [1.807, 2.05) is 19.4 Å². The fourth-order valence-corrected chi connectivity index (χ4v) is 2.69. The first kappa shape index (κ1) is 12.9. The number of nitrogens with zero attached hydrogens (tertiary/aromatic N) is 3. The zero-order valence-corrected chi connectivity index (χ0v) is 11.4. The molecule has 18 heavy (non-hydrogen) atoms. The van der Waals surface area contributed by atoms with Gasteiger partial charge in [-0.05, 0) is 6.92 Å². The number of aromatic nitrogens is 3. The SMILES string of the molecule is Cc1nc(C[n+]2csc(CCO)c2C)ncc1N. The molecule has 96 valence electrons. The predicted octanol–water partition coefficient (Wildman–Crippen LogP) is 0.608. The van der Waals surface area contributed by atoms with Crippen LogP contribution in [0.25, 0.3) is 0 Å². The summed E-state index contributed by atoms with van der Waals surface area (Å²) in [5.41, 5.74) is 10.3. The van der Waals surface area contributed by atoms with Crippen molar-refractivity contribution >= 4 is 17.0 Å². The van der Waals surface area contributed by atoms with Gasteiger partial charge in [-0.2, -0.15) is 4.57 Å². The summed E-state index contributed by atoms with van der Waals surface area (Å²) in [4.78, 5) is 9.79. The molecule has 0 spiro atoms. The van der Waals surface area contributed by atoms with Gasteiger partial charge in [0.25, 0.3) is 0 Å². The van der Waals surface area contributed by atoms with Crippen LogP contribution in [0.2, 0.25) is 0 Å². The minimum absolute atomic E-state index is 0.179. The number of hydrogen-bond acceptors (Lipinski definition) is 5. The normalized spacial score (nSPS) is 10.8. The zero-order chi connectivity index (χ0) is 13.1. The Morgan fingerprint density at radius 3 is 2.89 bits per heavy atom. The van der Waals surface area contributed by atoms with Crippen LogP contribution in [0.5, 0.6) is 0 Å². The lowest BCUT2D eigenvalue weighted by atomic mass is 10.3. The average molecular weight is 265 g/mol. The molecular weight excluding hydrogens is 248 g/mol. The van der Waals surface area contributed by atoms with Gasteiger partial charge in [0.15, 0.2) is 11.5 Å². The van der Waals surface area contributed by atoms with E-state index < -0.39 is 0 Å². The molecule has 2 aromatic rings. The predicted molar refractivity (Wildman–Crippen MR) is 70.3 cm³/mol. The van der Waals surface area contributed by atoms with Crippen molar-refractivity contribution < 1.29 is 9.67 Å². The minimum atomic E-state index is 0.179. The molecule has 5 nitrogen and oxygen atoms in total. The summed E-state index contributed by atoms with van der Waals surface area (Å²) in [5.74, 6) is 0.753. The number of aliphatic hydroxyl groups excluding tert-OH is 1. The summed E-state index contributed by atoms with van der Waals surface area (Å²) in [6, 6.07) is 0. The number of aliphatic hydroxyl groups is 1. The molecule has 0 fully saturated rings. The molecule has 0 unspecified atom stereocenters. The number of aryl methyl sites for hydroxylation is 1. The second kappa shape index (κ2) is 5.41. The van der Waals surface area contributed by atoms with Gasteiger partial charge in [0, 0.05) is 20.0 Å². The fraction of sp³-hybridized carbons (Fsp3) is 0.417. The van der Waals surface area contributed by atoms with E-state index in [-0.39, 0.29) is 6.61 Å². The van der Waals surface area contributed by atoms with Crippen molar-refractivity contribution in [1.29, 1.82) is 0 Å². The van der Waals surface area contributed by atoms with E-state index >= 15 is 0 Å². The molecule has 2 rings (SSSR count). The Bertz CT molecular complexity index is 553. The number of rotatable bonds is 4. The molecule has 0 aliphatic heterocycles. The third kappa shape index (κ3) is 2.65.